The normalized spacial score (nSPS) is 20.5. The van der Waals surface area contributed by atoms with Crippen LogP contribution in [0.2, 0.25) is 0 Å². The monoisotopic (exact) mass is 410 g/mol. The summed E-state index contributed by atoms with van der Waals surface area (Å²) in [5, 5.41) is 15.4. The third kappa shape index (κ3) is 6.75. The molecule has 0 saturated carbocycles. The molecule has 1 aliphatic rings. The summed E-state index contributed by atoms with van der Waals surface area (Å²) in [6.07, 6.45) is 8.55. The van der Waals surface area contributed by atoms with Crippen LogP contribution in [0, 0.1) is 0 Å². The third-order valence-corrected chi connectivity index (χ3v) is 4.73. The molecular weight excluding hydrogens is 384 g/mol. The Kier molecular flexibility index (Phi) is 8.05. The number of ether oxygens (including phenoxy) is 1. The number of pyridine rings is 2. The molecule has 2 amide bonds. The van der Waals surface area contributed by atoms with Gasteiger partial charge in [-0.1, -0.05) is 18.2 Å². The van der Waals surface area contributed by atoms with E-state index in [-0.39, 0.29) is 31.3 Å². The Morgan fingerprint density at radius 2 is 1.90 bits per heavy atom. The Morgan fingerprint density at radius 1 is 1.07 bits per heavy atom. The molecular formula is C22H26N4O4. The van der Waals surface area contributed by atoms with E-state index in [1.165, 1.54) is 0 Å². The number of nitrogens with zero attached hydrogens (tertiary/aromatic N) is 2. The van der Waals surface area contributed by atoms with E-state index >= 15 is 0 Å². The van der Waals surface area contributed by atoms with Gasteiger partial charge in [-0.2, -0.15) is 0 Å². The summed E-state index contributed by atoms with van der Waals surface area (Å²) in [5.74, 6) is -0.342. The summed E-state index contributed by atoms with van der Waals surface area (Å²) in [4.78, 5) is 32.5. The Hall–Kier alpha value is -3.10. The van der Waals surface area contributed by atoms with E-state index in [0.29, 0.717) is 12.2 Å². The van der Waals surface area contributed by atoms with Crippen molar-refractivity contribution < 1.29 is 19.4 Å². The van der Waals surface area contributed by atoms with Crippen LogP contribution in [-0.4, -0.2) is 58.3 Å². The number of carbonyl (C=O) groups is 2. The lowest BCUT2D eigenvalue weighted by Gasteiger charge is -2.31. The first-order valence-electron chi connectivity index (χ1n) is 9.93. The first-order chi connectivity index (χ1) is 14.6. The van der Waals surface area contributed by atoms with E-state index in [9.17, 15) is 14.7 Å². The first kappa shape index (κ1) is 21.6. The number of aromatic nitrogens is 2. The second-order valence-electron chi connectivity index (χ2n) is 7.03. The molecule has 0 unspecified atom stereocenters. The Morgan fingerprint density at radius 3 is 2.63 bits per heavy atom. The molecule has 8 nitrogen and oxygen atoms in total. The molecule has 0 aromatic carbocycles. The smallest absolute Gasteiger partial charge is 0.226 e. The summed E-state index contributed by atoms with van der Waals surface area (Å²) in [5.41, 5.74) is 1.77. The van der Waals surface area contributed by atoms with Gasteiger partial charge >= 0.3 is 0 Å². The van der Waals surface area contributed by atoms with Crippen molar-refractivity contribution in [2.75, 3.05) is 13.2 Å². The number of nitrogens with one attached hydrogen (secondary N) is 2. The van der Waals surface area contributed by atoms with E-state index in [1.54, 1.807) is 42.9 Å². The molecule has 0 fully saturated rings. The zero-order chi connectivity index (χ0) is 21.2. The molecule has 30 heavy (non-hydrogen) atoms. The quantitative estimate of drug-likeness (QED) is 0.521. The van der Waals surface area contributed by atoms with Crippen molar-refractivity contribution in [2.45, 2.75) is 37.5 Å². The first-order valence-corrected chi connectivity index (χ1v) is 9.93. The van der Waals surface area contributed by atoms with E-state index in [4.69, 9.17) is 4.74 Å². The average molecular weight is 410 g/mol. The standard InChI is InChI=1S/C22H26N4O4/c27-15-20-19(26-22(29)13-17-3-1-2-9-24-17)5-4-18(30-20)14-21(28)25-12-8-16-6-10-23-11-7-16/h1-7,9-11,18-20,27H,8,12-15H2,(H,25,28)(H,26,29)/t18-,19+,20+/m0/s1. The highest BCUT2D eigenvalue weighted by molar-refractivity contribution is 5.79. The van der Waals surface area contributed by atoms with Crippen LogP contribution in [0.4, 0.5) is 0 Å². The zero-order valence-corrected chi connectivity index (χ0v) is 16.6. The van der Waals surface area contributed by atoms with Crippen molar-refractivity contribution >= 4 is 11.8 Å². The van der Waals surface area contributed by atoms with Crippen LogP contribution in [0.25, 0.3) is 0 Å². The maximum Gasteiger partial charge on any atom is 0.226 e. The molecule has 3 N–H and O–H groups in total. The van der Waals surface area contributed by atoms with Gasteiger partial charge in [-0.05, 0) is 36.2 Å². The van der Waals surface area contributed by atoms with Gasteiger partial charge in [-0.3, -0.25) is 19.6 Å². The molecule has 3 heterocycles. The van der Waals surface area contributed by atoms with Crippen LogP contribution in [0.1, 0.15) is 17.7 Å². The zero-order valence-electron chi connectivity index (χ0n) is 16.6. The van der Waals surface area contributed by atoms with Gasteiger partial charge in [0.1, 0.15) is 6.10 Å². The molecule has 2 aromatic heterocycles. The summed E-state index contributed by atoms with van der Waals surface area (Å²) in [6, 6.07) is 8.75. The number of hydrogen-bond donors (Lipinski definition) is 3. The molecule has 3 rings (SSSR count). The fraction of sp³-hybridized carbons (Fsp3) is 0.364. The SMILES string of the molecule is O=C(C[C@@H]1C=C[C@@H](NC(=O)Cc2ccccn2)[C@@H](CO)O1)NCCc1ccncc1. The molecule has 1 aliphatic heterocycles. The van der Waals surface area contributed by atoms with Gasteiger partial charge in [-0.15, -0.1) is 0 Å². The predicted molar refractivity (Wildman–Crippen MR) is 110 cm³/mol. The number of aliphatic hydroxyl groups excluding tert-OH is 1. The van der Waals surface area contributed by atoms with Crippen LogP contribution < -0.4 is 10.6 Å². The van der Waals surface area contributed by atoms with Crippen molar-refractivity contribution in [1.29, 1.82) is 0 Å². The van der Waals surface area contributed by atoms with Crippen LogP contribution >= 0.6 is 0 Å². The molecule has 0 spiro atoms. The Bertz CT molecular complexity index is 845. The minimum Gasteiger partial charge on any atom is -0.394 e. The van der Waals surface area contributed by atoms with Gasteiger partial charge < -0.3 is 20.5 Å². The Labute approximate surface area is 175 Å². The fourth-order valence-corrected chi connectivity index (χ4v) is 3.19. The predicted octanol–water partition coefficient (Wildman–Crippen LogP) is 0.569. The lowest BCUT2D eigenvalue weighted by Crippen LogP contribution is -2.49. The number of amides is 2. The largest absolute Gasteiger partial charge is 0.394 e. The van der Waals surface area contributed by atoms with Crippen molar-refractivity contribution in [3.8, 4) is 0 Å². The van der Waals surface area contributed by atoms with Gasteiger partial charge in [0, 0.05) is 30.8 Å². The van der Waals surface area contributed by atoms with E-state index in [0.717, 1.165) is 12.0 Å². The second-order valence-corrected chi connectivity index (χ2v) is 7.03. The topological polar surface area (TPSA) is 113 Å². The Balaban J connectivity index is 1.44. The second kappa shape index (κ2) is 11.2. The van der Waals surface area contributed by atoms with Crippen molar-refractivity contribution in [3.05, 3.63) is 72.3 Å². The summed E-state index contributed by atoms with van der Waals surface area (Å²) in [7, 11) is 0. The lowest BCUT2D eigenvalue weighted by atomic mass is 10.0. The van der Waals surface area contributed by atoms with Gasteiger partial charge in [0.2, 0.25) is 11.8 Å². The third-order valence-electron chi connectivity index (χ3n) is 4.73. The minimum absolute atomic E-state index is 0.131. The maximum absolute atomic E-state index is 12.2. The maximum atomic E-state index is 12.2. The van der Waals surface area contributed by atoms with Gasteiger partial charge in [-0.25, -0.2) is 0 Å². The molecule has 0 radical (unpaired) electrons. The molecule has 2 aromatic rings. The summed E-state index contributed by atoms with van der Waals surface area (Å²) >= 11 is 0. The van der Waals surface area contributed by atoms with Crippen LogP contribution in [0.3, 0.4) is 0 Å². The van der Waals surface area contributed by atoms with Crippen molar-refractivity contribution in [3.63, 3.8) is 0 Å². The van der Waals surface area contributed by atoms with Gasteiger partial charge in [0.15, 0.2) is 0 Å². The molecule has 8 heteroatoms. The van der Waals surface area contributed by atoms with E-state index < -0.39 is 18.2 Å². The van der Waals surface area contributed by atoms with E-state index in [2.05, 4.69) is 20.6 Å². The van der Waals surface area contributed by atoms with Crippen LogP contribution in [0.15, 0.2) is 61.1 Å². The van der Waals surface area contributed by atoms with Crippen LogP contribution in [0.5, 0.6) is 0 Å². The van der Waals surface area contributed by atoms with Crippen molar-refractivity contribution in [1.82, 2.24) is 20.6 Å². The molecule has 158 valence electrons. The van der Waals surface area contributed by atoms with Gasteiger partial charge in [0.25, 0.3) is 0 Å². The average Bonchev–Trinajstić information content (AvgIpc) is 2.76. The van der Waals surface area contributed by atoms with Crippen LogP contribution in [-0.2, 0) is 27.2 Å². The highest BCUT2D eigenvalue weighted by Crippen LogP contribution is 2.16. The highest BCUT2D eigenvalue weighted by Gasteiger charge is 2.29. The highest BCUT2D eigenvalue weighted by atomic mass is 16.5. The van der Waals surface area contributed by atoms with Gasteiger partial charge in [0.05, 0.1) is 31.6 Å². The lowest BCUT2D eigenvalue weighted by molar-refractivity contribution is -0.128. The fourth-order valence-electron chi connectivity index (χ4n) is 3.19. The number of aliphatic hydroxyl groups is 1. The molecule has 3 atom stereocenters. The number of carbonyl (C=O) groups excluding carboxylic acids is 2. The minimum atomic E-state index is -0.614. The molecule has 0 saturated heterocycles. The molecule has 0 bridgehead atoms. The van der Waals surface area contributed by atoms with E-state index in [1.807, 2.05) is 18.2 Å². The summed E-state index contributed by atoms with van der Waals surface area (Å²) < 4.78 is 5.80. The summed E-state index contributed by atoms with van der Waals surface area (Å²) in [6.45, 7) is 0.258. The number of hydrogen-bond acceptors (Lipinski definition) is 6. The molecule has 0 aliphatic carbocycles. The number of rotatable bonds is 9. The van der Waals surface area contributed by atoms with Crippen molar-refractivity contribution in [2.24, 2.45) is 0 Å².